The number of rotatable bonds is 19. The molecule has 4 heterocycles. The smallest absolute Gasteiger partial charge is 0.409 e. The average Bonchev–Trinajstić information content (AvgIpc) is 3.96. The third-order valence-corrected chi connectivity index (χ3v) is 15.2. The first kappa shape index (κ1) is 56.2. The van der Waals surface area contributed by atoms with Gasteiger partial charge in [0.25, 0.3) is 8.53 Å². The predicted octanol–water partition coefficient (Wildman–Crippen LogP) is 8.24. The van der Waals surface area contributed by atoms with Crippen molar-refractivity contribution in [2.45, 2.75) is 116 Å². The molecule has 7 rings (SSSR count). The molecule has 4 N–H and O–H groups in total. The van der Waals surface area contributed by atoms with Gasteiger partial charge in [-0.1, -0.05) is 80.8 Å². The van der Waals surface area contributed by atoms with E-state index in [1.807, 2.05) is 28.8 Å². The Morgan fingerprint density at radius 3 is 2.39 bits per heavy atom. The molecule has 3 aliphatic rings. The van der Waals surface area contributed by atoms with Crippen molar-refractivity contribution in [2.75, 3.05) is 53.5 Å². The molecule has 2 aliphatic heterocycles. The van der Waals surface area contributed by atoms with Crippen molar-refractivity contribution in [2.24, 2.45) is 10.9 Å². The molecule has 0 bridgehead atoms. The number of aromatic nitrogens is 3. The van der Waals surface area contributed by atoms with Crippen LogP contribution in [0.1, 0.15) is 122 Å². The average molecular weight is 1050 g/mol. The van der Waals surface area contributed by atoms with E-state index in [-0.39, 0.29) is 55.9 Å². The molecule has 0 radical (unpaired) electrons. The van der Waals surface area contributed by atoms with Crippen LogP contribution in [0, 0.1) is 19.8 Å². The summed E-state index contributed by atoms with van der Waals surface area (Å²) in [7, 11) is 2.10. The van der Waals surface area contributed by atoms with E-state index >= 15 is 0 Å². The minimum absolute atomic E-state index is 0.0765. The normalized spacial score (nSPS) is 18.1. The maximum absolute atomic E-state index is 13.4. The van der Waals surface area contributed by atoms with Gasteiger partial charge in [0.2, 0.25) is 11.8 Å². The van der Waals surface area contributed by atoms with Gasteiger partial charge in [-0.25, -0.2) is 9.88 Å². The van der Waals surface area contributed by atoms with Crippen molar-refractivity contribution >= 4 is 67.3 Å². The summed E-state index contributed by atoms with van der Waals surface area (Å²) in [4.78, 5) is 67.3. The molecule has 2 aromatic heterocycles. The highest BCUT2D eigenvalue weighted by Gasteiger charge is 2.32. The molecule has 0 spiro atoms. The van der Waals surface area contributed by atoms with Crippen LogP contribution in [-0.4, -0.2) is 115 Å². The highest BCUT2D eigenvalue weighted by molar-refractivity contribution is 7.45. The lowest BCUT2D eigenvalue weighted by Gasteiger charge is -2.29. The van der Waals surface area contributed by atoms with Crippen LogP contribution in [0.2, 0.25) is 5.02 Å². The van der Waals surface area contributed by atoms with Gasteiger partial charge in [-0.05, 0) is 88.4 Å². The molecule has 2 aromatic carbocycles. The van der Waals surface area contributed by atoms with Gasteiger partial charge in [-0.2, -0.15) is 0 Å². The topological polar surface area (TPSA) is 217 Å². The first-order chi connectivity index (χ1) is 34.9. The molecule has 18 nitrogen and oxygen atoms in total. The summed E-state index contributed by atoms with van der Waals surface area (Å²) in [5.41, 5.74) is 4.63. The van der Waals surface area contributed by atoms with Crippen LogP contribution in [0.5, 0.6) is 5.75 Å². The molecule has 72 heavy (non-hydrogen) atoms. The third-order valence-electron chi connectivity index (χ3n) is 12.5. The Morgan fingerprint density at radius 2 is 1.71 bits per heavy atom. The maximum Gasteiger partial charge on any atom is 0.409 e. The molecule has 3 amide bonds. The fourth-order valence-corrected chi connectivity index (χ4v) is 11.0. The largest absolute Gasteiger partial charge is 0.445 e. The van der Waals surface area contributed by atoms with Crippen molar-refractivity contribution in [3.05, 3.63) is 92.8 Å². The lowest BCUT2D eigenvalue weighted by atomic mass is 9.91. The van der Waals surface area contributed by atoms with Crippen LogP contribution < -0.4 is 25.8 Å². The number of halogens is 1. The minimum Gasteiger partial charge on any atom is -0.445 e. The number of esters is 1. The molecule has 390 valence electrons. The van der Waals surface area contributed by atoms with E-state index < -0.39 is 20.7 Å². The highest BCUT2D eigenvalue weighted by atomic mass is 35.5. The molecular formula is C51H69ClN9O9PS. The number of ether oxygens (including phenoxy) is 2. The second-order valence-electron chi connectivity index (χ2n) is 18.1. The number of thiophene rings is 1. The summed E-state index contributed by atoms with van der Waals surface area (Å²) >= 11 is 7.87. The van der Waals surface area contributed by atoms with Gasteiger partial charge in [-0.3, -0.25) is 23.9 Å². The number of likely N-dealkylation sites (N-methyl/N-ethyl adjacent to an activating group) is 1. The Balaban J connectivity index is 0.000000451. The molecule has 3 atom stereocenters. The number of hydrogen-bond acceptors (Lipinski definition) is 15. The summed E-state index contributed by atoms with van der Waals surface area (Å²) in [5.74, 6) is 0.705. The van der Waals surface area contributed by atoms with Gasteiger partial charge in [-0.15, -0.1) is 21.5 Å². The first-order valence-corrected chi connectivity index (χ1v) is 27.3. The number of carbonyl (C=O) groups is 5. The molecular weight excluding hydrogens is 981 g/mol. The van der Waals surface area contributed by atoms with Crippen LogP contribution in [0.15, 0.2) is 59.9 Å². The summed E-state index contributed by atoms with van der Waals surface area (Å²) in [6, 6.07) is 13.6. The van der Waals surface area contributed by atoms with Crippen LogP contribution in [0.3, 0.4) is 0 Å². The maximum atomic E-state index is 13.4. The van der Waals surface area contributed by atoms with Crippen LogP contribution in [0.4, 0.5) is 4.79 Å². The number of unbranched alkanes of at least 4 members (excludes halogenated alkanes) is 2. The van der Waals surface area contributed by atoms with E-state index in [1.165, 1.54) is 37.0 Å². The zero-order valence-corrected chi connectivity index (χ0v) is 44.3. The van der Waals surface area contributed by atoms with Gasteiger partial charge in [0, 0.05) is 47.1 Å². The van der Waals surface area contributed by atoms with Crippen molar-refractivity contribution in [3.63, 3.8) is 0 Å². The Hall–Kier alpha value is -5.14. The van der Waals surface area contributed by atoms with Gasteiger partial charge in [0.15, 0.2) is 5.82 Å². The number of carbonyl (C=O) groups excluding carboxylic acids is 5. The van der Waals surface area contributed by atoms with Crippen molar-refractivity contribution in [1.29, 1.82) is 0 Å². The number of aryl methyl sites for hydroxylation is 1. The number of aldehydes is 1. The standard InChI is InChI=1S/C38H46ClN8O7PS.C13H23NO2/c1-24-25(2)56-37-34(24)35(27-10-12-28(39)13-11-27)44-31(36-45-41-23-47(36)37)18-32(48)43-29-19-42-55(53-22-29)52-17-7-5-6-16-46(4)38(50)51-21-26-8-14-30(15-9-26)54-33(49)20-40-3;15-11-10-14-13(16)12-8-6-4-2-1-3-5-7-9-12/h8-15,23,29,31,40,42H,5-7,16-22H2,1-4H3,(H,43,48);11-12H,1-10H2,(H,14,16). The van der Waals surface area contributed by atoms with Gasteiger partial charge in [0.1, 0.15) is 36.0 Å². The lowest BCUT2D eigenvalue weighted by molar-refractivity contribution is -0.133. The van der Waals surface area contributed by atoms with E-state index in [2.05, 4.69) is 45.1 Å². The van der Waals surface area contributed by atoms with E-state index in [0.717, 1.165) is 84.2 Å². The molecule has 1 saturated carbocycles. The van der Waals surface area contributed by atoms with Gasteiger partial charge >= 0.3 is 12.1 Å². The Morgan fingerprint density at radius 1 is 0.986 bits per heavy atom. The molecule has 21 heteroatoms. The van der Waals surface area contributed by atoms with Crippen molar-refractivity contribution in [3.8, 4) is 10.8 Å². The van der Waals surface area contributed by atoms with Crippen LogP contribution in [-0.2, 0) is 39.6 Å². The van der Waals surface area contributed by atoms with E-state index in [0.29, 0.717) is 42.9 Å². The molecule has 1 saturated heterocycles. The number of benzene rings is 2. The van der Waals surface area contributed by atoms with E-state index in [1.54, 1.807) is 60.9 Å². The minimum atomic E-state index is -1.28. The van der Waals surface area contributed by atoms with Crippen molar-refractivity contribution in [1.82, 2.24) is 40.7 Å². The first-order valence-electron chi connectivity index (χ1n) is 24.9. The molecule has 3 unspecified atom stereocenters. The summed E-state index contributed by atoms with van der Waals surface area (Å²) in [6.07, 6.45) is 15.3. The van der Waals surface area contributed by atoms with Gasteiger partial charge in [0.05, 0.1) is 44.5 Å². The highest BCUT2D eigenvalue weighted by Crippen LogP contribution is 2.39. The van der Waals surface area contributed by atoms with E-state index in [9.17, 15) is 24.0 Å². The second kappa shape index (κ2) is 29.5. The monoisotopic (exact) mass is 1050 g/mol. The summed E-state index contributed by atoms with van der Waals surface area (Å²) in [5, 5.41) is 22.0. The molecule has 2 fully saturated rings. The Labute approximate surface area is 432 Å². The summed E-state index contributed by atoms with van der Waals surface area (Å²) in [6.45, 7) is 6.45. The SMILES string of the molecule is CNCC(=O)Oc1ccc(COC(=O)N(C)CCCCCOP2NCC(NC(=O)CC3N=C(c4ccc(Cl)cc4)c4c(sc(C)c4C)-n4cnnc43)CO2)cc1.O=CCNC(=O)C1CCCCCCCCC1. The summed E-state index contributed by atoms with van der Waals surface area (Å²) < 4.78 is 24.4. The Kier molecular flexibility index (Phi) is 23.0. The third kappa shape index (κ3) is 17.2. The predicted molar refractivity (Wildman–Crippen MR) is 279 cm³/mol. The molecule has 1 aliphatic carbocycles. The number of hydrogen-bond donors (Lipinski definition) is 4. The van der Waals surface area contributed by atoms with E-state index in [4.69, 9.17) is 35.1 Å². The fraction of sp³-hybridized carbons (Fsp3) is 0.529. The van der Waals surface area contributed by atoms with Crippen molar-refractivity contribution < 1.29 is 42.5 Å². The number of fused-ring (bicyclic) bond motifs is 3. The molecule has 4 aromatic rings. The quantitative estimate of drug-likeness (QED) is 0.0229. The zero-order valence-electron chi connectivity index (χ0n) is 41.8. The number of nitrogens with zero attached hydrogens (tertiary/aromatic N) is 5. The fourth-order valence-electron chi connectivity index (χ4n) is 8.46. The number of amides is 3. The van der Waals surface area contributed by atoms with Gasteiger partial charge < -0.3 is 44.2 Å². The lowest BCUT2D eigenvalue weighted by Crippen LogP contribution is -2.47. The number of aliphatic imine (C=N–C) groups is 1. The van der Waals surface area contributed by atoms with Crippen LogP contribution in [0.25, 0.3) is 5.00 Å². The second-order valence-corrected chi connectivity index (χ2v) is 21.1. The Bertz CT molecular complexity index is 2400. The zero-order chi connectivity index (χ0) is 51.2. The van der Waals surface area contributed by atoms with Crippen LogP contribution >= 0.6 is 31.5 Å². The number of nitrogens with one attached hydrogen (secondary N) is 4.